The van der Waals surface area contributed by atoms with Crippen molar-refractivity contribution in [1.29, 1.82) is 0 Å². The summed E-state index contributed by atoms with van der Waals surface area (Å²) in [6.45, 7) is 1.65. The first-order chi connectivity index (χ1) is 9.33. The van der Waals surface area contributed by atoms with Crippen LogP contribution in [0.2, 0.25) is 0 Å². The molecule has 2 saturated carbocycles. The lowest BCUT2D eigenvalue weighted by Crippen LogP contribution is -2.41. The van der Waals surface area contributed by atoms with Crippen LogP contribution in [0, 0.1) is 29.6 Å². The van der Waals surface area contributed by atoms with Gasteiger partial charge in [0.15, 0.2) is 5.78 Å². The molecule has 0 spiro atoms. The molecular formula is C17H25NO. The minimum atomic E-state index is 0.391. The number of hydrogen-bond acceptors (Lipinski definition) is 2. The topological polar surface area (TPSA) is 29.1 Å². The molecule has 1 N–H and O–H groups in total. The number of ketones is 1. The maximum atomic E-state index is 11.8. The zero-order chi connectivity index (χ0) is 12.8. The van der Waals surface area contributed by atoms with Crippen molar-refractivity contribution in [3.05, 3.63) is 11.6 Å². The minimum absolute atomic E-state index is 0.391. The summed E-state index contributed by atoms with van der Waals surface area (Å²) in [6.07, 6.45) is 11.8. The molecule has 1 aliphatic heterocycles. The number of allylic oxidation sites excluding steroid dienone is 1. The van der Waals surface area contributed by atoms with Gasteiger partial charge in [0.1, 0.15) is 0 Å². The summed E-state index contributed by atoms with van der Waals surface area (Å²) in [5.74, 6) is 4.92. The summed E-state index contributed by atoms with van der Waals surface area (Å²) < 4.78 is 0. The van der Waals surface area contributed by atoms with Crippen molar-refractivity contribution in [2.75, 3.05) is 13.1 Å². The van der Waals surface area contributed by atoms with Gasteiger partial charge >= 0.3 is 0 Å². The Bertz CT molecular complexity index is 413. The molecule has 0 aromatic carbocycles. The molecule has 3 fully saturated rings. The second-order valence-electron chi connectivity index (χ2n) is 7.23. The van der Waals surface area contributed by atoms with Gasteiger partial charge in [0.2, 0.25) is 0 Å². The molecule has 4 aliphatic rings. The molecule has 0 aromatic rings. The molecule has 3 aliphatic carbocycles. The van der Waals surface area contributed by atoms with Crippen LogP contribution in [0.15, 0.2) is 11.6 Å². The predicted molar refractivity (Wildman–Crippen MR) is 75.7 cm³/mol. The average molecular weight is 259 g/mol. The first kappa shape index (κ1) is 12.1. The lowest BCUT2D eigenvalue weighted by molar-refractivity contribution is -0.117. The van der Waals surface area contributed by atoms with E-state index in [0.717, 1.165) is 36.6 Å². The molecule has 0 bridgehead atoms. The van der Waals surface area contributed by atoms with E-state index in [1.165, 1.54) is 44.1 Å². The van der Waals surface area contributed by atoms with Crippen molar-refractivity contribution < 1.29 is 4.79 Å². The molecule has 0 amide bonds. The van der Waals surface area contributed by atoms with Crippen LogP contribution in [0.5, 0.6) is 0 Å². The minimum Gasteiger partial charge on any atom is -0.309 e. The van der Waals surface area contributed by atoms with E-state index in [4.69, 9.17) is 0 Å². The van der Waals surface area contributed by atoms with Gasteiger partial charge in [0.05, 0.1) is 6.54 Å². The van der Waals surface area contributed by atoms with E-state index in [1.54, 1.807) is 0 Å². The molecule has 1 saturated heterocycles. The monoisotopic (exact) mass is 259 g/mol. The van der Waals surface area contributed by atoms with Crippen molar-refractivity contribution in [3.63, 3.8) is 0 Å². The summed E-state index contributed by atoms with van der Waals surface area (Å²) >= 11 is 0. The highest BCUT2D eigenvalue weighted by Crippen LogP contribution is 2.54. The van der Waals surface area contributed by atoms with Gasteiger partial charge in [-0.1, -0.05) is 24.5 Å². The number of carbonyl (C=O) groups excluding carboxylic acids is 1. The summed E-state index contributed by atoms with van der Waals surface area (Å²) in [5.41, 5.74) is 1.48. The lowest BCUT2D eigenvalue weighted by Gasteiger charge is -2.46. The fourth-order valence-corrected chi connectivity index (χ4v) is 5.63. The second kappa shape index (κ2) is 4.73. The molecule has 0 radical (unpaired) electrons. The number of carbonyl (C=O) groups is 1. The van der Waals surface area contributed by atoms with E-state index >= 15 is 0 Å². The molecule has 2 nitrogen and oxygen atoms in total. The van der Waals surface area contributed by atoms with E-state index in [2.05, 4.69) is 11.4 Å². The Morgan fingerprint density at radius 2 is 2.00 bits per heavy atom. The first-order valence-electron chi connectivity index (χ1n) is 8.24. The zero-order valence-corrected chi connectivity index (χ0v) is 11.7. The van der Waals surface area contributed by atoms with Gasteiger partial charge in [-0.25, -0.2) is 0 Å². The zero-order valence-electron chi connectivity index (χ0n) is 11.7. The molecule has 2 heteroatoms. The number of fused-ring (bicyclic) bond motifs is 5. The molecule has 4 rings (SSSR count). The molecule has 19 heavy (non-hydrogen) atoms. The van der Waals surface area contributed by atoms with Crippen LogP contribution in [0.4, 0.5) is 0 Å². The Morgan fingerprint density at radius 3 is 2.95 bits per heavy atom. The van der Waals surface area contributed by atoms with Crippen LogP contribution >= 0.6 is 0 Å². The number of rotatable bonds is 0. The summed E-state index contributed by atoms with van der Waals surface area (Å²) in [4.78, 5) is 11.8. The van der Waals surface area contributed by atoms with E-state index in [0.29, 0.717) is 18.2 Å². The van der Waals surface area contributed by atoms with Gasteiger partial charge in [0.25, 0.3) is 0 Å². The van der Waals surface area contributed by atoms with E-state index < -0.39 is 0 Å². The Balaban J connectivity index is 1.61. The normalized spacial score (nSPS) is 45.8. The van der Waals surface area contributed by atoms with Crippen molar-refractivity contribution in [2.45, 2.75) is 44.9 Å². The fourth-order valence-electron chi connectivity index (χ4n) is 5.63. The third kappa shape index (κ3) is 1.99. The number of nitrogens with one attached hydrogen (secondary N) is 1. The Morgan fingerprint density at radius 1 is 1.05 bits per heavy atom. The largest absolute Gasteiger partial charge is 0.309 e. The van der Waals surface area contributed by atoms with Gasteiger partial charge in [-0.15, -0.1) is 0 Å². The Kier molecular flexibility index (Phi) is 3.02. The van der Waals surface area contributed by atoms with Crippen LogP contribution in [-0.4, -0.2) is 18.9 Å². The van der Waals surface area contributed by atoms with Crippen molar-refractivity contribution in [1.82, 2.24) is 5.32 Å². The molecule has 5 atom stereocenters. The number of hydrogen-bond donors (Lipinski definition) is 1. The summed E-state index contributed by atoms with van der Waals surface area (Å²) in [7, 11) is 0. The van der Waals surface area contributed by atoms with Gasteiger partial charge in [-0.3, -0.25) is 4.79 Å². The highest BCUT2D eigenvalue weighted by molar-refractivity contribution is 5.83. The molecule has 104 valence electrons. The van der Waals surface area contributed by atoms with Gasteiger partial charge in [-0.05, 0) is 55.3 Å². The van der Waals surface area contributed by atoms with E-state index in [1.807, 2.05) is 0 Å². The quantitative estimate of drug-likeness (QED) is 0.678. The fraction of sp³-hybridized carbons (Fsp3) is 0.824. The predicted octanol–water partition coefficient (Wildman–Crippen LogP) is 2.94. The molecule has 5 unspecified atom stereocenters. The molecule has 1 heterocycles. The first-order valence-corrected chi connectivity index (χ1v) is 8.24. The average Bonchev–Trinajstić information content (AvgIpc) is 2.80. The van der Waals surface area contributed by atoms with Crippen LogP contribution in [0.25, 0.3) is 0 Å². The third-order valence-electron chi connectivity index (χ3n) is 6.42. The van der Waals surface area contributed by atoms with E-state index in [9.17, 15) is 4.79 Å². The van der Waals surface area contributed by atoms with Crippen LogP contribution in [-0.2, 0) is 4.79 Å². The summed E-state index contributed by atoms with van der Waals surface area (Å²) in [6, 6.07) is 0. The standard InChI is InChI=1S/C17H25NO/c19-13-8-12-5-7-15-14-3-1-2-11(14)4-6-16(15)17(12)10-18-9-13/h5,11,14-18H,1-4,6-10H2. The Labute approximate surface area is 116 Å². The second-order valence-corrected chi connectivity index (χ2v) is 7.23. The highest BCUT2D eigenvalue weighted by atomic mass is 16.1. The van der Waals surface area contributed by atoms with Crippen LogP contribution in [0.1, 0.15) is 44.9 Å². The molecule has 0 aromatic heterocycles. The maximum Gasteiger partial charge on any atom is 0.150 e. The van der Waals surface area contributed by atoms with Gasteiger partial charge in [0, 0.05) is 13.0 Å². The van der Waals surface area contributed by atoms with Crippen molar-refractivity contribution in [2.24, 2.45) is 29.6 Å². The van der Waals surface area contributed by atoms with Gasteiger partial charge < -0.3 is 5.32 Å². The van der Waals surface area contributed by atoms with Crippen LogP contribution in [0.3, 0.4) is 0 Å². The molecular weight excluding hydrogens is 234 g/mol. The third-order valence-corrected chi connectivity index (χ3v) is 6.42. The van der Waals surface area contributed by atoms with E-state index in [-0.39, 0.29) is 0 Å². The van der Waals surface area contributed by atoms with Gasteiger partial charge in [-0.2, -0.15) is 0 Å². The number of Topliss-reactive ketones (excluding diaryl/α,β-unsaturated/α-hetero) is 1. The highest BCUT2D eigenvalue weighted by Gasteiger charge is 2.46. The smallest absolute Gasteiger partial charge is 0.150 e. The Hall–Kier alpha value is -0.630. The SMILES string of the molecule is O=C1CNCC2C(=CCC3C4CCCC4CCC23)C1. The van der Waals surface area contributed by atoms with Crippen LogP contribution < -0.4 is 5.32 Å². The lowest BCUT2D eigenvalue weighted by atomic mass is 9.59. The van der Waals surface area contributed by atoms with Crippen molar-refractivity contribution >= 4 is 5.78 Å². The maximum absolute atomic E-state index is 11.8. The van der Waals surface area contributed by atoms with Crippen molar-refractivity contribution in [3.8, 4) is 0 Å². The summed E-state index contributed by atoms with van der Waals surface area (Å²) in [5, 5.41) is 3.40.